The maximum atomic E-state index is 13.5. The highest BCUT2D eigenvalue weighted by Crippen LogP contribution is 2.25. The van der Waals surface area contributed by atoms with Crippen LogP contribution >= 0.6 is 0 Å². The van der Waals surface area contributed by atoms with Gasteiger partial charge in [-0.1, -0.05) is 18.2 Å². The molecule has 0 radical (unpaired) electrons. The van der Waals surface area contributed by atoms with Gasteiger partial charge in [0.2, 0.25) is 0 Å². The number of phenols is 1. The third-order valence-corrected chi connectivity index (χ3v) is 3.93. The van der Waals surface area contributed by atoms with Crippen LogP contribution in [0.4, 0.5) is 10.1 Å². The largest absolute Gasteiger partial charge is 0.507 e. The fourth-order valence-electron chi connectivity index (χ4n) is 1.60. The third-order valence-electron chi connectivity index (χ3n) is 2.52. The molecule has 6 heteroatoms. The van der Waals surface area contributed by atoms with Crippen molar-refractivity contribution in [3.05, 3.63) is 53.8 Å². The molecular formula is C13H12FNO3S. The fourth-order valence-corrected chi connectivity index (χ4v) is 2.76. The van der Waals surface area contributed by atoms with Crippen LogP contribution in [0.25, 0.3) is 0 Å². The van der Waals surface area contributed by atoms with E-state index in [0.29, 0.717) is 0 Å². The lowest BCUT2D eigenvalue weighted by Crippen LogP contribution is -2.14. The molecule has 2 N–H and O–H groups in total. The van der Waals surface area contributed by atoms with Gasteiger partial charge in [-0.3, -0.25) is 4.72 Å². The van der Waals surface area contributed by atoms with Gasteiger partial charge in [0.15, 0.2) is 0 Å². The average Bonchev–Trinajstić information content (AvgIpc) is 2.34. The van der Waals surface area contributed by atoms with Crippen molar-refractivity contribution in [3.8, 4) is 5.75 Å². The maximum absolute atomic E-state index is 13.5. The lowest BCUT2D eigenvalue weighted by Gasteiger charge is -2.10. The minimum atomic E-state index is -4.02. The molecule has 0 bridgehead atoms. The van der Waals surface area contributed by atoms with Crippen molar-refractivity contribution < 1.29 is 17.9 Å². The van der Waals surface area contributed by atoms with Crippen molar-refractivity contribution >= 4 is 15.7 Å². The van der Waals surface area contributed by atoms with E-state index in [1.54, 1.807) is 6.92 Å². The monoisotopic (exact) mass is 281 g/mol. The average molecular weight is 281 g/mol. The van der Waals surface area contributed by atoms with Crippen LogP contribution in [-0.2, 0) is 10.0 Å². The van der Waals surface area contributed by atoms with Crippen LogP contribution in [-0.4, -0.2) is 13.5 Å². The molecule has 4 nitrogen and oxygen atoms in total. The van der Waals surface area contributed by atoms with Crippen LogP contribution in [0.5, 0.6) is 5.75 Å². The molecular weight excluding hydrogens is 269 g/mol. The lowest BCUT2D eigenvalue weighted by atomic mass is 10.2. The first-order chi connectivity index (χ1) is 8.90. The number of rotatable bonds is 3. The first-order valence-electron chi connectivity index (χ1n) is 5.47. The maximum Gasteiger partial charge on any atom is 0.265 e. The van der Waals surface area contributed by atoms with E-state index in [2.05, 4.69) is 4.72 Å². The Morgan fingerprint density at radius 3 is 2.53 bits per heavy atom. The molecule has 0 fully saturated rings. The molecule has 0 saturated carbocycles. The van der Waals surface area contributed by atoms with Crippen molar-refractivity contribution in [3.63, 3.8) is 0 Å². The summed E-state index contributed by atoms with van der Waals surface area (Å²) in [4.78, 5) is -0.295. The number of hydrogen-bond acceptors (Lipinski definition) is 3. The van der Waals surface area contributed by atoms with Crippen LogP contribution in [0, 0.1) is 12.7 Å². The van der Waals surface area contributed by atoms with Gasteiger partial charge in [0.05, 0.1) is 5.69 Å². The topological polar surface area (TPSA) is 66.4 Å². The summed E-state index contributed by atoms with van der Waals surface area (Å²) in [5.74, 6) is -1.06. The van der Waals surface area contributed by atoms with Gasteiger partial charge in [-0.2, -0.15) is 0 Å². The van der Waals surface area contributed by atoms with E-state index in [1.165, 1.54) is 42.5 Å². The number of anilines is 1. The third kappa shape index (κ3) is 2.85. The molecule has 2 aromatic rings. The van der Waals surface area contributed by atoms with Crippen LogP contribution in [0.15, 0.2) is 47.4 Å². The minimum Gasteiger partial charge on any atom is -0.507 e. The summed E-state index contributed by atoms with van der Waals surface area (Å²) >= 11 is 0. The highest BCUT2D eigenvalue weighted by Gasteiger charge is 2.19. The molecule has 0 unspecified atom stereocenters. The first-order valence-corrected chi connectivity index (χ1v) is 6.95. The normalized spacial score (nSPS) is 11.3. The van der Waals surface area contributed by atoms with Gasteiger partial charge in [-0.25, -0.2) is 12.8 Å². The van der Waals surface area contributed by atoms with Gasteiger partial charge in [0.1, 0.15) is 16.5 Å². The zero-order chi connectivity index (χ0) is 14.0. The van der Waals surface area contributed by atoms with Gasteiger partial charge in [0.25, 0.3) is 10.0 Å². The van der Waals surface area contributed by atoms with Crippen molar-refractivity contribution in [1.82, 2.24) is 0 Å². The highest BCUT2D eigenvalue weighted by atomic mass is 32.2. The number of hydrogen-bond donors (Lipinski definition) is 2. The second-order valence-electron chi connectivity index (χ2n) is 4.06. The van der Waals surface area contributed by atoms with E-state index in [1.807, 2.05) is 0 Å². The number of benzene rings is 2. The van der Waals surface area contributed by atoms with Crippen molar-refractivity contribution in [2.45, 2.75) is 11.8 Å². The fraction of sp³-hybridized carbons (Fsp3) is 0.0769. The van der Waals surface area contributed by atoms with Crippen LogP contribution < -0.4 is 4.72 Å². The summed E-state index contributed by atoms with van der Waals surface area (Å²) in [5, 5.41) is 9.54. The number of para-hydroxylation sites is 1. The number of aromatic hydroxyl groups is 1. The van der Waals surface area contributed by atoms with E-state index >= 15 is 0 Å². The molecule has 100 valence electrons. The summed E-state index contributed by atoms with van der Waals surface area (Å²) in [6, 6.07) is 9.56. The molecule has 2 aromatic carbocycles. The van der Waals surface area contributed by atoms with Gasteiger partial charge in [-0.15, -0.1) is 0 Å². The Hall–Kier alpha value is -2.08. The van der Waals surface area contributed by atoms with E-state index in [4.69, 9.17) is 0 Å². The Labute approximate surface area is 110 Å². The zero-order valence-corrected chi connectivity index (χ0v) is 10.9. The van der Waals surface area contributed by atoms with Crippen molar-refractivity contribution in [2.24, 2.45) is 0 Å². The molecule has 19 heavy (non-hydrogen) atoms. The predicted octanol–water partition coefficient (Wildman–Crippen LogP) is 2.64. The molecule has 0 aliphatic carbocycles. The molecule has 0 atom stereocenters. The van der Waals surface area contributed by atoms with E-state index < -0.39 is 15.8 Å². The van der Waals surface area contributed by atoms with Crippen LogP contribution in [0.2, 0.25) is 0 Å². The van der Waals surface area contributed by atoms with Crippen molar-refractivity contribution in [1.29, 1.82) is 0 Å². The Morgan fingerprint density at radius 1 is 1.16 bits per heavy atom. The molecule has 0 aliphatic rings. The number of halogens is 1. The van der Waals surface area contributed by atoms with Gasteiger partial charge in [-0.05, 0) is 36.8 Å². The SMILES string of the molecule is Cc1ccc(F)c(NS(=O)(=O)c2ccccc2O)c1. The van der Waals surface area contributed by atoms with Gasteiger partial charge >= 0.3 is 0 Å². The van der Waals surface area contributed by atoms with E-state index in [-0.39, 0.29) is 16.3 Å². The number of aryl methyl sites for hydroxylation is 1. The standard InChI is InChI=1S/C13H12FNO3S/c1-9-6-7-10(14)11(8-9)15-19(17,18)13-5-3-2-4-12(13)16/h2-8,15-16H,1H3. The Morgan fingerprint density at radius 2 is 1.84 bits per heavy atom. The van der Waals surface area contributed by atoms with E-state index in [9.17, 15) is 17.9 Å². The zero-order valence-electron chi connectivity index (χ0n) is 10.1. The first kappa shape index (κ1) is 13.4. The molecule has 2 rings (SSSR count). The summed E-state index contributed by atoms with van der Waals surface area (Å²) in [7, 11) is -4.02. The molecule has 0 aromatic heterocycles. The summed E-state index contributed by atoms with van der Waals surface area (Å²) in [5.41, 5.74) is 0.569. The predicted molar refractivity (Wildman–Crippen MR) is 70.1 cm³/mol. The second-order valence-corrected chi connectivity index (χ2v) is 5.71. The highest BCUT2D eigenvalue weighted by molar-refractivity contribution is 7.92. The quantitative estimate of drug-likeness (QED) is 0.909. The Bertz CT molecular complexity index is 714. The molecule has 0 aliphatic heterocycles. The molecule has 0 spiro atoms. The molecule has 0 saturated heterocycles. The van der Waals surface area contributed by atoms with Crippen LogP contribution in [0.1, 0.15) is 5.56 Å². The van der Waals surface area contributed by atoms with E-state index in [0.717, 1.165) is 5.56 Å². The Kier molecular flexibility index (Phi) is 3.44. The van der Waals surface area contributed by atoms with Gasteiger partial charge < -0.3 is 5.11 Å². The summed E-state index contributed by atoms with van der Waals surface area (Å²) in [6.07, 6.45) is 0. The number of nitrogens with one attached hydrogen (secondary N) is 1. The molecule has 0 amide bonds. The lowest BCUT2D eigenvalue weighted by molar-refractivity contribution is 0.459. The minimum absolute atomic E-state index is 0.150. The summed E-state index contributed by atoms with van der Waals surface area (Å²) < 4.78 is 39.7. The van der Waals surface area contributed by atoms with Crippen LogP contribution in [0.3, 0.4) is 0 Å². The number of phenolic OH excluding ortho intramolecular Hbond substituents is 1. The van der Waals surface area contributed by atoms with Gasteiger partial charge in [0, 0.05) is 0 Å². The second kappa shape index (κ2) is 4.89. The molecule has 0 heterocycles. The van der Waals surface area contributed by atoms with Crippen molar-refractivity contribution in [2.75, 3.05) is 4.72 Å². The Balaban J connectivity index is 2.43. The smallest absolute Gasteiger partial charge is 0.265 e. The number of sulfonamides is 1. The summed E-state index contributed by atoms with van der Waals surface area (Å²) in [6.45, 7) is 1.72.